The molecule has 43 heavy (non-hydrogen) atoms. The zero-order valence-corrected chi connectivity index (χ0v) is 23.6. The molecule has 2 aliphatic rings. The van der Waals surface area contributed by atoms with Crippen LogP contribution in [-0.4, -0.2) is 77.9 Å². The van der Waals surface area contributed by atoms with Gasteiger partial charge in [0, 0.05) is 52.1 Å². The van der Waals surface area contributed by atoms with E-state index >= 15 is 0 Å². The smallest absolute Gasteiger partial charge is 0.423 e. The molecule has 0 aromatic heterocycles. The lowest BCUT2D eigenvalue weighted by atomic mass is 9.78. The number of alkyl halides is 3. The number of fused-ring (bicyclic) bond motifs is 2. The molecule has 0 radical (unpaired) electrons. The van der Waals surface area contributed by atoms with Gasteiger partial charge in [-0.25, -0.2) is 0 Å². The minimum atomic E-state index is -4.52. The van der Waals surface area contributed by atoms with Gasteiger partial charge in [-0.1, -0.05) is 24.3 Å². The molecule has 0 spiro atoms. The minimum absolute atomic E-state index is 0.00259. The summed E-state index contributed by atoms with van der Waals surface area (Å²) in [6.07, 6.45) is -4.63. The van der Waals surface area contributed by atoms with E-state index in [1.54, 1.807) is 6.07 Å². The molecule has 2 aromatic rings. The molecule has 232 valence electrons. The summed E-state index contributed by atoms with van der Waals surface area (Å²) in [5.74, 6) is -1.37. The second-order valence-electron chi connectivity index (χ2n) is 10.7. The van der Waals surface area contributed by atoms with Crippen molar-refractivity contribution in [2.24, 2.45) is 17.2 Å². The third-order valence-corrected chi connectivity index (χ3v) is 7.65. The number of carbonyl (C=O) groups is 3. The summed E-state index contributed by atoms with van der Waals surface area (Å²) in [4.78, 5) is 42.5. The first kappa shape index (κ1) is 32.4. The van der Waals surface area contributed by atoms with Crippen LogP contribution in [0.5, 0.6) is 0 Å². The molecule has 2 aromatic carbocycles. The fraction of sp³-hybridized carbons (Fsp3) is 0.464. The number of rotatable bonds is 12. The maximum absolute atomic E-state index is 13.8. The summed E-state index contributed by atoms with van der Waals surface area (Å²) in [6.45, 7) is 1.85. The first-order valence-electron chi connectivity index (χ1n) is 14.0. The number of halogens is 3. The summed E-state index contributed by atoms with van der Waals surface area (Å²) in [7, 11) is -1.04. The van der Waals surface area contributed by atoms with Gasteiger partial charge in [0.2, 0.25) is 17.7 Å². The highest BCUT2D eigenvalue weighted by atomic mass is 19.4. The van der Waals surface area contributed by atoms with Crippen LogP contribution in [0.4, 0.5) is 13.2 Å². The number of nitrogens with zero attached hydrogens (tertiary/aromatic N) is 2. The standard InChI is InChI=1S/C28H36BF3N6O5/c30-28(31,32)21-3-1-17(2-4-21)11-24(36-26(40)23(35)5-6-25(39)37(9-7-33)10-8-34)27(41)38-14-18-12-20-16-43-29(42)22(20)13-19(18)15-38/h1-4,12-13,23-24,42H,5-11,14-16,33-35H2,(H,36,40)/t23-,24+/m0/s1. The van der Waals surface area contributed by atoms with E-state index in [4.69, 9.17) is 21.9 Å². The first-order chi connectivity index (χ1) is 20.4. The lowest BCUT2D eigenvalue weighted by molar-refractivity contribution is -0.138. The van der Waals surface area contributed by atoms with Gasteiger partial charge in [-0.15, -0.1) is 0 Å². The molecule has 0 fully saturated rings. The highest BCUT2D eigenvalue weighted by Crippen LogP contribution is 2.30. The maximum Gasteiger partial charge on any atom is 0.491 e. The van der Waals surface area contributed by atoms with E-state index in [-0.39, 0.29) is 58.0 Å². The molecule has 0 saturated heterocycles. The molecule has 0 aliphatic carbocycles. The second-order valence-corrected chi connectivity index (χ2v) is 10.7. The molecule has 15 heteroatoms. The third kappa shape index (κ3) is 7.92. The minimum Gasteiger partial charge on any atom is -0.423 e. The number of benzene rings is 2. The van der Waals surface area contributed by atoms with Gasteiger partial charge in [0.05, 0.1) is 18.2 Å². The average molecular weight is 604 g/mol. The number of nitrogens with one attached hydrogen (secondary N) is 1. The van der Waals surface area contributed by atoms with E-state index in [0.717, 1.165) is 28.8 Å². The van der Waals surface area contributed by atoms with Gasteiger partial charge in [-0.05, 0) is 46.3 Å². The van der Waals surface area contributed by atoms with Crippen molar-refractivity contribution in [2.45, 2.75) is 57.2 Å². The van der Waals surface area contributed by atoms with E-state index < -0.39 is 42.8 Å². The highest BCUT2D eigenvalue weighted by Gasteiger charge is 2.35. The molecule has 0 bridgehead atoms. The molecule has 4 rings (SSSR count). The van der Waals surface area contributed by atoms with Crippen LogP contribution in [0.25, 0.3) is 0 Å². The Morgan fingerprint density at radius 1 is 1.05 bits per heavy atom. The van der Waals surface area contributed by atoms with Crippen molar-refractivity contribution in [1.29, 1.82) is 0 Å². The van der Waals surface area contributed by atoms with Crippen LogP contribution in [0.1, 0.15) is 40.7 Å². The SMILES string of the molecule is NCCN(CCN)C(=O)CC[C@H](N)C(=O)N[C@H](Cc1ccc(C(F)(F)F)cc1)C(=O)N1Cc2cc3c(cc2C1)B(O)OC3. The predicted octanol–water partition coefficient (Wildman–Crippen LogP) is -0.654. The largest absolute Gasteiger partial charge is 0.491 e. The summed E-state index contributed by atoms with van der Waals surface area (Å²) in [5, 5.41) is 12.7. The van der Waals surface area contributed by atoms with Crippen LogP contribution in [0.15, 0.2) is 36.4 Å². The number of carbonyl (C=O) groups excluding carboxylic acids is 3. The van der Waals surface area contributed by atoms with Crippen LogP contribution in [0.2, 0.25) is 0 Å². The third-order valence-electron chi connectivity index (χ3n) is 7.65. The quantitative estimate of drug-likeness (QED) is 0.199. The fourth-order valence-corrected chi connectivity index (χ4v) is 5.30. The Labute approximate surface area is 247 Å². The topological polar surface area (TPSA) is 177 Å². The fourth-order valence-electron chi connectivity index (χ4n) is 5.30. The number of amides is 3. The maximum atomic E-state index is 13.8. The lowest BCUT2D eigenvalue weighted by Gasteiger charge is -2.26. The van der Waals surface area contributed by atoms with Crippen LogP contribution in [0, 0.1) is 0 Å². The van der Waals surface area contributed by atoms with Gasteiger partial charge in [0.15, 0.2) is 0 Å². The molecule has 2 aliphatic heterocycles. The zero-order chi connectivity index (χ0) is 31.3. The van der Waals surface area contributed by atoms with Crippen molar-refractivity contribution in [2.75, 3.05) is 26.2 Å². The molecule has 2 atom stereocenters. The van der Waals surface area contributed by atoms with Gasteiger partial charge >= 0.3 is 13.3 Å². The van der Waals surface area contributed by atoms with Crippen LogP contribution < -0.4 is 28.0 Å². The molecule has 11 nitrogen and oxygen atoms in total. The molecule has 8 N–H and O–H groups in total. The van der Waals surface area contributed by atoms with Crippen molar-refractivity contribution in [3.8, 4) is 0 Å². The van der Waals surface area contributed by atoms with Crippen LogP contribution >= 0.6 is 0 Å². The number of nitrogens with two attached hydrogens (primary N) is 3. The highest BCUT2D eigenvalue weighted by molar-refractivity contribution is 6.61. The Balaban J connectivity index is 1.47. The van der Waals surface area contributed by atoms with Gasteiger partial charge < -0.3 is 42.0 Å². The number of hydrogen-bond donors (Lipinski definition) is 5. The van der Waals surface area contributed by atoms with Crippen molar-refractivity contribution in [3.63, 3.8) is 0 Å². The summed E-state index contributed by atoms with van der Waals surface area (Å²) < 4.78 is 44.5. The van der Waals surface area contributed by atoms with Crippen molar-refractivity contribution in [1.82, 2.24) is 15.1 Å². The molecule has 0 saturated carbocycles. The Hall–Kier alpha value is -3.50. The van der Waals surface area contributed by atoms with Gasteiger partial charge in [-0.2, -0.15) is 13.2 Å². The summed E-state index contributed by atoms with van der Waals surface area (Å²) >= 11 is 0. The molecule has 2 heterocycles. The predicted molar refractivity (Wildman–Crippen MR) is 152 cm³/mol. The molecular formula is C28H36BF3N6O5. The van der Waals surface area contributed by atoms with Gasteiger partial charge in [0.1, 0.15) is 6.04 Å². The van der Waals surface area contributed by atoms with Crippen molar-refractivity contribution < 1.29 is 37.2 Å². The van der Waals surface area contributed by atoms with Crippen molar-refractivity contribution >= 4 is 30.3 Å². The van der Waals surface area contributed by atoms with Gasteiger partial charge in [-0.3, -0.25) is 14.4 Å². The Morgan fingerprint density at radius 3 is 2.28 bits per heavy atom. The lowest BCUT2D eigenvalue weighted by Crippen LogP contribution is -2.52. The van der Waals surface area contributed by atoms with E-state index in [0.29, 0.717) is 24.1 Å². The van der Waals surface area contributed by atoms with E-state index in [9.17, 15) is 32.6 Å². The zero-order valence-electron chi connectivity index (χ0n) is 23.6. The molecule has 3 amide bonds. The molecular weight excluding hydrogens is 568 g/mol. The van der Waals surface area contributed by atoms with Crippen molar-refractivity contribution in [3.05, 3.63) is 64.2 Å². The Kier molecular flexibility index (Phi) is 10.5. The second kappa shape index (κ2) is 13.9. The molecule has 0 unspecified atom stereocenters. The number of hydrogen-bond acceptors (Lipinski definition) is 8. The monoisotopic (exact) mass is 604 g/mol. The van der Waals surface area contributed by atoms with E-state index in [1.807, 2.05) is 6.07 Å². The first-order valence-corrected chi connectivity index (χ1v) is 14.0. The summed E-state index contributed by atoms with van der Waals surface area (Å²) in [5.41, 5.74) is 19.9. The summed E-state index contributed by atoms with van der Waals surface area (Å²) in [6, 6.07) is 5.80. The Bertz CT molecular complexity index is 1320. The van der Waals surface area contributed by atoms with E-state index in [2.05, 4.69) is 5.32 Å². The van der Waals surface area contributed by atoms with E-state index in [1.165, 1.54) is 21.9 Å². The van der Waals surface area contributed by atoms with Gasteiger partial charge in [0.25, 0.3) is 0 Å². The van der Waals surface area contributed by atoms with Crippen LogP contribution in [-0.2, 0) is 51.3 Å². The normalized spacial score (nSPS) is 15.6. The van der Waals surface area contributed by atoms with Crippen LogP contribution in [0.3, 0.4) is 0 Å². The Morgan fingerprint density at radius 2 is 1.67 bits per heavy atom. The average Bonchev–Trinajstić information content (AvgIpc) is 3.55.